The molecule has 0 bridgehead atoms. The van der Waals surface area contributed by atoms with E-state index in [9.17, 15) is 5.11 Å². The van der Waals surface area contributed by atoms with Crippen LogP contribution in [0, 0.1) is 0 Å². The van der Waals surface area contributed by atoms with E-state index in [1.807, 2.05) is 0 Å². The van der Waals surface area contributed by atoms with Gasteiger partial charge in [-0.2, -0.15) is 0 Å². The van der Waals surface area contributed by atoms with Crippen LogP contribution in [0.15, 0.2) is 25.3 Å². The normalized spacial score (nSPS) is 11.2. The SMILES string of the molecule is C=CCC(CO)(CC=C)NCCO. The number of nitrogens with one attached hydrogen (secondary N) is 1. The van der Waals surface area contributed by atoms with E-state index in [-0.39, 0.29) is 13.2 Å². The maximum absolute atomic E-state index is 9.23. The van der Waals surface area contributed by atoms with E-state index in [1.165, 1.54) is 0 Å². The first-order valence-corrected chi connectivity index (χ1v) is 4.43. The molecule has 0 unspecified atom stereocenters. The van der Waals surface area contributed by atoms with Crippen molar-refractivity contribution in [2.24, 2.45) is 0 Å². The van der Waals surface area contributed by atoms with Gasteiger partial charge in [0.1, 0.15) is 0 Å². The molecule has 0 saturated carbocycles. The first-order valence-electron chi connectivity index (χ1n) is 4.43. The number of aliphatic hydroxyl groups is 2. The average molecular weight is 185 g/mol. The number of hydrogen-bond acceptors (Lipinski definition) is 3. The Morgan fingerprint density at radius 2 is 1.69 bits per heavy atom. The van der Waals surface area contributed by atoms with Crippen molar-refractivity contribution in [1.29, 1.82) is 0 Å². The summed E-state index contributed by atoms with van der Waals surface area (Å²) in [6.07, 6.45) is 4.83. The molecule has 0 rings (SSSR count). The molecule has 0 aromatic carbocycles. The van der Waals surface area contributed by atoms with Gasteiger partial charge in [0.25, 0.3) is 0 Å². The molecular weight excluding hydrogens is 166 g/mol. The zero-order valence-electron chi connectivity index (χ0n) is 8.00. The Kier molecular flexibility index (Phi) is 6.49. The molecule has 0 heterocycles. The van der Waals surface area contributed by atoms with E-state index < -0.39 is 5.54 Å². The maximum atomic E-state index is 9.23. The molecule has 0 amide bonds. The standard InChI is InChI=1S/C10H19NO2/c1-3-5-10(9-13,6-4-2)11-7-8-12/h3-4,11-13H,1-2,5-9H2. The summed E-state index contributed by atoms with van der Waals surface area (Å²) in [6, 6.07) is 0. The predicted molar refractivity (Wildman–Crippen MR) is 54.5 cm³/mol. The van der Waals surface area contributed by atoms with Crippen LogP contribution < -0.4 is 5.32 Å². The fourth-order valence-corrected chi connectivity index (χ4v) is 1.29. The van der Waals surface area contributed by atoms with Crippen LogP contribution in [-0.2, 0) is 0 Å². The summed E-state index contributed by atoms with van der Waals surface area (Å²) >= 11 is 0. The highest BCUT2D eigenvalue weighted by Crippen LogP contribution is 2.15. The largest absolute Gasteiger partial charge is 0.395 e. The van der Waals surface area contributed by atoms with Crippen molar-refractivity contribution in [3.8, 4) is 0 Å². The van der Waals surface area contributed by atoms with Gasteiger partial charge >= 0.3 is 0 Å². The first kappa shape index (κ1) is 12.4. The summed E-state index contributed by atoms with van der Waals surface area (Å²) in [5.41, 5.74) is -0.397. The average Bonchev–Trinajstić information content (AvgIpc) is 2.15. The van der Waals surface area contributed by atoms with E-state index in [0.29, 0.717) is 19.4 Å². The van der Waals surface area contributed by atoms with Crippen molar-refractivity contribution in [2.45, 2.75) is 18.4 Å². The van der Waals surface area contributed by atoms with E-state index in [1.54, 1.807) is 12.2 Å². The van der Waals surface area contributed by atoms with Crippen molar-refractivity contribution in [3.63, 3.8) is 0 Å². The van der Waals surface area contributed by atoms with Crippen LogP contribution in [0.25, 0.3) is 0 Å². The van der Waals surface area contributed by atoms with Crippen LogP contribution >= 0.6 is 0 Å². The van der Waals surface area contributed by atoms with Crippen LogP contribution in [0.4, 0.5) is 0 Å². The Morgan fingerprint density at radius 1 is 1.15 bits per heavy atom. The highest BCUT2D eigenvalue weighted by molar-refractivity contribution is 4.97. The summed E-state index contributed by atoms with van der Waals surface area (Å²) < 4.78 is 0. The van der Waals surface area contributed by atoms with Gasteiger partial charge in [0.05, 0.1) is 13.2 Å². The fourth-order valence-electron chi connectivity index (χ4n) is 1.29. The molecular formula is C10H19NO2. The molecule has 0 aliphatic carbocycles. The Balaban J connectivity index is 4.23. The molecule has 0 aliphatic rings. The third-order valence-corrected chi connectivity index (χ3v) is 1.98. The minimum atomic E-state index is -0.397. The van der Waals surface area contributed by atoms with Gasteiger partial charge < -0.3 is 15.5 Å². The molecule has 13 heavy (non-hydrogen) atoms. The third kappa shape index (κ3) is 4.22. The van der Waals surface area contributed by atoms with Crippen LogP contribution in [0.2, 0.25) is 0 Å². The van der Waals surface area contributed by atoms with Gasteiger partial charge in [-0.25, -0.2) is 0 Å². The van der Waals surface area contributed by atoms with Crippen molar-refractivity contribution in [2.75, 3.05) is 19.8 Å². The highest BCUT2D eigenvalue weighted by atomic mass is 16.3. The van der Waals surface area contributed by atoms with Gasteiger partial charge in [0.2, 0.25) is 0 Å². The molecule has 0 saturated heterocycles. The van der Waals surface area contributed by atoms with Gasteiger partial charge in [-0.05, 0) is 12.8 Å². The first-order chi connectivity index (χ1) is 6.24. The second-order valence-corrected chi connectivity index (χ2v) is 3.07. The molecule has 3 heteroatoms. The summed E-state index contributed by atoms with van der Waals surface area (Å²) in [6.45, 7) is 7.83. The Hall–Kier alpha value is -0.640. The second kappa shape index (κ2) is 6.83. The fraction of sp³-hybridized carbons (Fsp3) is 0.600. The quantitative estimate of drug-likeness (QED) is 0.481. The zero-order valence-corrected chi connectivity index (χ0v) is 8.00. The minimum absolute atomic E-state index is 0.0189. The lowest BCUT2D eigenvalue weighted by Crippen LogP contribution is -2.48. The van der Waals surface area contributed by atoms with Crippen molar-refractivity contribution < 1.29 is 10.2 Å². The Labute approximate surface area is 79.8 Å². The lowest BCUT2D eigenvalue weighted by Gasteiger charge is -2.31. The summed E-state index contributed by atoms with van der Waals surface area (Å²) in [7, 11) is 0. The highest BCUT2D eigenvalue weighted by Gasteiger charge is 2.25. The number of aliphatic hydroxyl groups excluding tert-OH is 2. The molecule has 0 radical (unpaired) electrons. The van der Waals surface area contributed by atoms with E-state index in [4.69, 9.17) is 5.11 Å². The molecule has 0 aromatic heterocycles. The van der Waals surface area contributed by atoms with Crippen LogP contribution in [0.5, 0.6) is 0 Å². The van der Waals surface area contributed by atoms with Gasteiger partial charge in [-0.15, -0.1) is 13.2 Å². The molecule has 76 valence electrons. The molecule has 0 aromatic rings. The lowest BCUT2D eigenvalue weighted by molar-refractivity contribution is 0.153. The van der Waals surface area contributed by atoms with Crippen molar-refractivity contribution in [1.82, 2.24) is 5.32 Å². The Bertz CT molecular complexity index is 147. The lowest BCUT2D eigenvalue weighted by atomic mass is 9.92. The predicted octanol–water partition coefficient (Wildman–Crippen LogP) is 0.452. The minimum Gasteiger partial charge on any atom is -0.395 e. The Morgan fingerprint density at radius 3 is 2.00 bits per heavy atom. The summed E-state index contributed by atoms with van der Waals surface area (Å²) in [5.74, 6) is 0. The van der Waals surface area contributed by atoms with Gasteiger partial charge in [0, 0.05) is 12.1 Å². The molecule has 3 N–H and O–H groups in total. The molecule has 0 fully saturated rings. The van der Waals surface area contributed by atoms with Crippen molar-refractivity contribution in [3.05, 3.63) is 25.3 Å². The van der Waals surface area contributed by atoms with Crippen LogP contribution in [-0.4, -0.2) is 35.5 Å². The molecule has 0 aliphatic heterocycles. The van der Waals surface area contributed by atoms with Crippen molar-refractivity contribution >= 4 is 0 Å². The van der Waals surface area contributed by atoms with E-state index in [2.05, 4.69) is 18.5 Å². The second-order valence-electron chi connectivity index (χ2n) is 3.07. The third-order valence-electron chi connectivity index (χ3n) is 1.98. The number of rotatable bonds is 8. The number of β-amino-alcohol motifs (C(OH)–C–C–N with tert-alkyl or cyclic N) is 1. The summed E-state index contributed by atoms with van der Waals surface area (Å²) in [5, 5.41) is 21.0. The van der Waals surface area contributed by atoms with Gasteiger partial charge in [-0.1, -0.05) is 12.2 Å². The summed E-state index contributed by atoms with van der Waals surface area (Å²) in [4.78, 5) is 0. The topological polar surface area (TPSA) is 52.5 Å². The van der Waals surface area contributed by atoms with Gasteiger partial charge in [-0.3, -0.25) is 0 Å². The molecule has 0 atom stereocenters. The zero-order chi connectivity index (χ0) is 10.2. The molecule has 0 spiro atoms. The number of hydrogen-bond donors (Lipinski definition) is 3. The van der Waals surface area contributed by atoms with Crippen LogP contribution in [0.3, 0.4) is 0 Å². The monoisotopic (exact) mass is 185 g/mol. The van der Waals surface area contributed by atoms with Crippen LogP contribution in [0.1, 0.15) is 12.8 Å². The van der Waals surface area contributed by atoms with E-state index >= 15 is 0 Å². The smallest absolute Gasteiger partial charge is 0.0619 e. The molecule has 3 nitrogen and oxygen atoms in total. The van der Waals surface area contributed by atoms with E-state index in [0.717, 1.165) is 0 Å². The van der Waals surface area contributed by atoms with Gasteiger partial charge in [0.15, 0.2) is 0 Å². The maximum Gasteiger partial charge on any atom is 0.0619 e.